The van der Waals surface area contributed by atoms with Gasteiger partial charge in [0.1, 0.15) is 11.4 Å². The number of amides is 1. The van der Waals surface area contributed by atoms with Gasteiger partial charge < -0.3 is 15.0 Å². The summed E-state index contributed by atoms with van der Waals surface area (Å²) in [5, 5.41) is 13.3. The summed E-state index contributed by atoms with van der Waals surface area (Å²) in [4.78, 5) is 21.6. The van der Waals surface area contributed by atoms with E-state index < -0.39 is 35.0 Å². The SMILES string of the molecule is Cc1cnc2n1C1(CC1)C(O)N2c1c(F)cc(NC(=O)c2ccccn2)cc1F. The smallest absolute Gasteiger partial charge is 0.274 e. The van der Waals surface area contributed by atoms with E-state index in [1.165, 1.54) is 17.2 Å². The molecular formula is C20H17F2N5O2. The van der Waals surface area contributed by atoms with E-state index in [1.807, 2.05) is 11.5 Å². The molecule has 2 aromatic heterocycles. The summed E-state index contributed by atoms with van der Waals surface area (Å²) in [5.74, 6) is -2.10. The predicted octanol–water partition coefficient (Wildman–Crippen LogP) is 3.08. The standard InChI is InChI=1S/C20H17F2N5O2/c1-11-10-24-19-26(18(29)20(5-6-20)27(11)19)16-13(21)8-12(9-14(16)22)25-17(28)15-4-2-3-7-23-15/h2-4,7-10,18,29H,5-6H2,1H3,(H,25,28). The van der Waals surface area contributed by atoms with Gasteiger partial charge in [-0.25, -0.2) is 13.8 Å². The fourth-order valence-electron chi connectivity index (χ4n) is 4.00. The first kappa shape index (κ1) is 17.7. The van der Waals surface area contributed by atoms with Crippen LogP contribution < -0.4 is 10.2 Å². The molecule has 1 fully saturated rings. The Balaban J connectivity index is 1.50. The zero-order valence-corrected chi connectivity index (χ0v) is 15.4. The van der Waals surface area contributed by atoms with Gasteiger partial charge in [-0.3, -0.25) is 14.7 Å². The number of fused-ring (bicyclic) bond motifs is 2. The predicted molar refractivity (Wildman–Crippen MR) is 101 cm³/mol. The molecule has 1 aliphatic heterocycles. The summed E-state index contributed by atoms with van der Waals surface area (Å²) in [6, 6.07) is 6.82. The van der Waals surface area contributed by atoms with Crippen LogP contribution in [-0.2, 0) is 5.54 Å². The van der Waals surface area contributed by atoms with Crippen LogP contribution in [0.25, 0.3) is 0 Å². The maximum Gasteiger partial charge on any atom is 0.274 e. The van der Waals surface area contributed by atoms with E-state index in [0.29, 0.717) is 18.8 Å². The van der Waals surface area contributed by atoms with Gasteiger partial charge in [0.2, 0.25) is 5.95 Å². The number of imidazole rings is 1. The summed E-state index contributed by atoms with van der Waals surface area (Å²) in [6.07, 6.45) is 3.35. The lowest BCUT2D eigenvalue weighted by Crippen LogP contribution is -2.36. The molecule has 2 aliphatic rings. The van der Waals surface area contributed by atoms with Crippen LogP contribution in [0.4, 0.5) is 26.1 Å². The Labute approximate surface area is 164 Å². The van der Waals surface area contributed by atoms with Crippen LogP contribution in [0.1, 0.15) is 29.0 Å². The highest BCUT2D eigenvalue weighted by Crippen LogP contribution is 2.57. The van der Waals surface area contributed by atoms with Crippen molar-refractivity contribution in [2.45, 2.75) is 31.5 Å². The minimum absolute atomic E-state index is 0.0475. The molecule has 7 nitrogen and oxygen atoms in total. The number of carbonyl (C=O) groups excluding carboxylic acids is 1. The van der Waals surface area contributed by atoms with Crippen molar-refractivity contribution >= 4 is 23.2 Å². The van der Waals surface area contributed by atoms with Crippen LogP contribution in [0.15, 0.2) is 42.7 Å². The maximum absolute atomic E-state index is 15.0. The van der Waals surface area contributed by atoms with Gasteiger partial charge in [0, 0.05) is 17.6 Å². The molecule has 2 N–H and O–H groups in total. The number of hydrogen-bond acceptors (Lipinski definition) is 5. The highest BCUT2D eigenvalue weighted by Gasteiger charge is 2.61. The highest BCUT2D eigenvalue weighted by molar-refractivity contribution is 6.02. The van der Waals surface area contributed by atoms with E-state index in [-0.39, 0.29) is 11.4 Å². The molecule has 3 heterocycles. The van der Waals surface area contributed by atoms with Gasteiger partial charge in [-0.15, -0.1) is 0 Å². The van der Waals surface area contributed by atoms with Crippen molar-refractivity contribution < 1.29 is 18.7 Å². The molecule has 0 bridgehead atoms. The van der Waals surface area contributed by atoms with Crippen molar-refractivity contribution in [3.8, 4) is 0 Å². The van der Waals surface area contributed by atoms with Gasteiger partial charge in [-0.1, -0.05) is 6.07 Å². The lowest BCUT2D eigenvalue weighted by Gasteiger charge is -2.25. The maximum atomic E-state index is 15.0. The first-order valence-corrected chi connectivity index (χ1v) is 9.16. The molecule has 148 valence electrons. The van der Waals surface area contributed by atoms with E-state index in [9.17, 15) is 18.7 Å². The van der Waals surface area contributed by atoms with Crippen LogP contribution in [0.3, 0.4) is 0 Å². The minimum Gasteiger partial charge on any atom is -0.371 e. The molecule has 1 amide bonds. The second-order valence-electron chi connectivity index (χ2n) is 7.34. The molecule has 5 rings (SSSR count). The number of hydrogen-bond donors (Lipinski definition) is 2. The summed E-state index contributed by atoms with van der Waals surface area (Å²) < 4.78 is 31.8. The number of aryl methyl sites for hydroxylation is 1. The average Bonchev–Trinajstić information content (AvgIpc) is 3.35. The van der Waals surface area contributed by atoms with Crippen molar-refractivity contribution in [2.75, 3.05) is 10.2 Å². The molecule has 0 radical (unpaired) electrons. The third kappa shape index (κ3) is 2.54. The van der Waals surface area contributed by atoms with E-state index in [4.69, 9.17) is 0 Å². The Morgan fingerprint density at radius 1 is 1.24 bits per heavy atom. The van der Waals surface area contributed by atoms with Crippen molar-refractivity contribution in [1.82, 2.24) is 14.5 Å². The van der Waals surface area contributed by atoms with Crippen LogP contribution in [0.2, 0.25) is 0 Å². The van der Waals surface area contributed by atoms with Gasteiger partial charge >= 0.3 is 0 Å². The number of halogens is 2. The van der Waals surface area contributed by atoms with Crippen LogP contribution in [0.5, 0.6) is 0 Å². The largest absolute Gasteiger partial charge is 0.371 e. The van der Waals surface area contributed by atoms with Gasteiger partial charge in [-0.05, 0) is 44.0 Å². The van der Waals surface area contributed by atoms with Gasteiger partial charge in [0.05, 0.1) is 11.7 Å². The average molecular weight is 397 g/mol. The number of aliphatic hydroxyl groups excluding tert-OH is 1. The second kappa shape index (κ2) is 6.08. The number of aromatic nitrogens is 3. The summed E-state index contributed by atoms with van der Waals surface area (Å²) in [5.41, 5.74) is -0.0990. The Kier molecular flexibility index (Phi) is 3.72. The van der Waals surface area contributed by atoms with E-state index in [2.05, 4.69) is 15.3 Å². The van der Waals surface area contributed by atoms with Crippen LogP contribution in [-0.4, -0.2) is 31.8 Å². The molecular weight excluding hydrogens is 380 g/mol. The lowest BCUT2D eigenvalue weighted by molar-refractivity contribution is 0.102. The third-order valence-electron chi connectivity index (χ3n) is 5.48. The monoisotopic (exact) mass is 397 g/mol. The first-order valence-electron chi connectivity index (χ1n) is 9.16. The number of rotatable bonds is 3. The normalized spacial score (nSPS) is 18.8. The number of aliphatic hydroxyl groups is 1. The molecule has 1 atom stereocenters. The van der Waals surface area contributed by atoms with Gasteiger partial charge in [0.15, 0.2) is 17.9 Å². The molecule has 1 saturated carbocycles. The fourth-order valence-corrected chi connectivity index (χ4v) is 4.00. The van der Waals surface area contributed by atoms with Gasteiger partial charge in [-0.2, -0.15) is 0 Å². The van der Waals surface area contributed by atoms with E-state index in [0.717, 1.165) is 17.8 Å². The number of nitrogens with zero attached hydrogens (tertiary/aromatic N) is 4. The quantitative estimate of drug-likeness (QED) is 0.710. The first-order chi connectivity index (χ1) is 13.9. The molecule has 1 unspecified atom stereocenters. The second-order valence-corrected chi connectivity index (χ2v) is 7.34. The van der Waals surface area contributed by atoms with Crippen molar-refractivity contribution in [3.63, 3.8) is 0 Å². The number of carbonyl (C=O) groups is 1. The molecule has 1 aliphatic carbocycles. The molecule has 9 heteroatoms. The summed E-state index contributed by atoms with van der Waals surface area (Å²) in [6.45, 7) is 1.84. The number of pyridine rings is 1. The number of nitrogens with one attached hydrogen (secondary N) is 1. The third-order valence-corrected chi connectivity index (χ3v) is 5.48. The van der Waals surface area contributed by atoms with Crippen molar-refractivity contribution in [3.05, 3.63) is 65.7 Å². The number of benzene rings is 1. The van der Waals surface area contributed by atoms with Crippen molar-refractivity contribution in [1.29, 1.82) is 0 Å². The zero-order valence-electron chi connectivity index (χ0n) is 15.4. The van der Waals surface area contributed by atoms with Crippen molar-refractivity contribution in [2.24, 2.45) is 0 Å². The van der Waals surface area contributed by atoms with Crippen LogP contribution in [0, 0.1) is 18.6 Å². The fraction of sp³-hybridized carbons (Fsp3) is 0.250. The summed E-state index contributed by atoms with van der Waals surface area (Å²) >= 11 is 0. The van der Waals surface area contributed by atoms with E-state index in [1.54, 1.807) is 18.3 Å². The van der Waals surface area contributed by atoms with Gasteiger partial charge in [0.25, 0.3) is 5.91 Å². The highest BCUT2D eigenvalue weighted by atomic mass is 19.1. The molecule has 1 spiro atoms. The molecule has 0 saturated heterocycles. The van der Waals surface area contributed by atoms with Crippen LogP contribution >= 0.6 is 0 Å². The Morgan fingerprint density at radius 2 is 1.97 bits per heavy atom. The number of anilines is 3. The molecule has 1 aromatic carbocycles. The Bertz CT molecular complexity index is 1100. The summed E-state index contributed by atoms with van der Waals surface area (Å²) in [7, 11) is 0. The lowest BCUT2D eigenvalue weighted by atomic mass is 10.2. The Morgan fingerprint density at radius 3 is 2.59 bits per heavy atom. The molecule has 3 aromatic rings. The zero-order chi connectivity index (χ0) is 20.3. The Hall–Kier alpha value is -3.33. The van der Waals surface area contributed by atoms with E-state index >= 15 is 0 Å². The molecule has 29 heavy (non-hydrogen) atoms. The topological polar surface area (TPSA) is 83.3 Å². The minimum atomic E-state index is -1.12.